The molecule has 0 heterocycles. The van der Waals surface area contributed by atoms with E-state index in [4.69, 9.17) is 25.9 Å². The van der Waals surface area contributed by atoms with E-state index in [0.717, 1.165) is 22.4 Å². The molecule has 40 heavy (non-hydrogen) atoms. The van der Waals surface area contributed by atoms with Crippen LogP contribution >= 0.6 is 11.6 Å². The van der Waals surface area contributed by atoms with Gasteiger partial charge in [0.15, 0.2) is 8.32 Å². The highest BCUT2D eigenvalue weighted by atomic mass is 35.5. The number of benzene rings is 2. The first-order chi connectivity index (χ1) is 18.3. The fourth-order valence-electron chi connectivity index (χ4n) is 3.96. The average molecular weight is 591 g/mol. The second kappa shape index (κ2) is 13.4. The largest absolute Gasteiger partial charge is 0.481 e. The number of carboxylic acids is 1. The van der Waals surface area contributed by atoms with Gasteiger partial charge in [-0.3, -0.25) is 4.79 Å². The number of carboxylic acid groups (broad SMARTS) is 1. The molecular formula is C31H47ClN2O5Si. The summed E-state index contributed by atoms with van der Waals surface area (Å²) in [4.78, 5) is 26.4. The van der Waals surface area contributed by atoms with Crippen LogP contribution < -0.4 is 5.32 Å². The van der Waals surface area contributed by atoms with Gasteiger partial charge in [-0.15, -0.1) is 0 Å². The van der Waals surface area contributed by atoms with Gasteiger partial charge in [0.25, 0.3) is 0 Å². The summed E-state index contributed by atoms with van der Waals surface area (Å²) in [6.45, 7) is 21.2. The molecule has 2 unspecified atom stereocenters. The first kappa shape index (κ1) is 33.7. The van der Waals surface area contributed by atoms with Gasteiger partial charge in [-0.2, -0.15) is 0 Å². The van der Waals surface area contributed by atoms with Crippen molar-refractivity contribution in [2.24, 2.45) is 0 Å². The van der Waals surface area contributed by atoms with Gasteiger partial charge in [-0.1, -0.05) is 56.6 Å². The molecule has 9 heteroatoms. The van der Waals surface area contributed by atoms with Crippen LogP contribution in [0.5, 0.6) is 0 Å². The van der Waals surface area contributed by atoms with Crippen LogP contribution in [0.3, 0.4) is 0 Å². The van der Waals surface area contributed by atoms with Crippen molar-refractivity contribution >= 4 is 37.7 Å². The molecule has 0 aliphatic carbocycles. The lowest BCUT2D eigenvalue weighted by molar-refractivity contribution is -0.136. The highest BCUT2D eigenvalue weighted by Crippen LogP contribution is 2.40. The minimum Gasteiger partial charge on any atom is -0.481 e. The number of aliphatic carboxylic acids is 1. The lowest BCUT2D eigenvalue weighted by Gasteiger charge is -2.41. The zero-order valence-electron chi connectivity index (χ0n) is 25.7. The maximum absolute atomic E-state index is 13.6. The Labute approximate surface area is 246 Å². The molecule has 0 aliphatic rings. The number of rotatable bonds is 11. The van der Waals surface area contributed by atoms with E-state index in [9.17, 15) is 9.59 Å². The van der Waals surface area contributed by atoms with Crippen molar-refractivity contribution in [2.45, 2.75) is 97.7 Å². The van der Waals surface area contributed by atoms with E-state index in [2.05, 4.69) is 39.2 Å². The van der Waals surface area contributed by atoms with Gasteiger partial charge in [0, 0.05) is 23.3 Å². The van der Waals surface area contributed by atoms with Crippen molar-refractivity contribution in [1.82, 2.24) is 4.90 Å². The zero-order valence-corrected chi connectivity index (χ0v) is 27.5. The molecule has 2 aromatic rings. The number of anilines is 1. The Morgan fingerprint density at radius 1 is 1.07 bits per heavy atom. The summed E-state index contributed by atoms with van der Waals surface area (Å²) in [5.41, 5.74) is 2.81. The minimum atomic E-state index is -2.23. The third-order valence-electron chi connectivity index (χ3n) is 7.22. The van der Waals surface area contributed by atoms with Crippen LogP contribution in [-0.2, 0) is 20.4 Å². The Morgan fingerprint density at radius 2 is 1.73 bits per heavy atom. The fraction of sp³-hybridized carbons (Fsp3) is 0.548. The van der Waals surface area contributed by atoms with E-state index >= 15 is 0 Å². The predicted octanol–water partition coefficient (Wildman–Crippen LogP) is 8.08. The number of hydrogen-bond acceptors (Lipinski definition) is 5. The number of aryl methyl sites for hydroxylation is 1. The van der Waals surface area contributed by atoms with Crippen molar-refractivity contribution in [3.63, 3.8) is 0 Å². The van der Waals surface area contributed by atoms with E-state index in [1.807, 2.05) is 77.1 Å². The maximum Gasteiger partial charge on any atom is 0.410 e. The van der Waals surface area contributed by atoms with E-state index in [1.54, 1.807) is 4.90 Å². The van der Waals surface area contributed by atoms with Crippen LogP contribution in [0.15, 0.2) is 42.5 Å². The number of nitrogens with one attached hydrogen (secondary N) is 1. The second-order valence-corrected chi connectivity index (χ2v) is 18.2. The number of halogens is 1. The molecule has 0 fully saturated rings. The van der Waals surface area contributed by atoms with Crippen LogP contribution in [0.25, 0.3) is 0 Å². The fourth-order valence-corrected chi connectivity index (χ4v) is 5.43. The van der Waals surface area contributed by atoms with Gasteiger partial charge >= 0.3 is 12.1 Å². The molecule has 0 radical (unpaired) electrons. The summed E-state index contributed by atoms with van der Waals surface area (Å²) < 4.78 is 12.7. The van der Waals surface area contributed by atoms with Crippen molar-refractivity contribution in [2.75, 3.05) is 18.4 Å². The van der Waals surface area contributed by atoms with Crippen LogP contribution in [0.1, 0.15) is 71.3 Å². The first-order valence-corrected chi connectivity index (χ1v) is 17.1. The Bertz CT molecular complexity index is 1170. The molecule has 0 saturated heterocycles. The van der Waals surface area contributed by atoms with Gasteiger partial charge in [-0.25, -0.2) is 4.79 Å². The Kier molecular flexibility index (Phi) is 11.3. The van der Waals surface area contributed by atoms with Crippen LogP contribution in [-0.4, -0.2) is 55.1 Å². The number of carbonyl (C=O) groups excluding carboxylic acids is 1. The summed E-state index contributed by atoms with van der Waals surface area (Å²) in [5.74, 6) is -0.865. The molecule has 0 saturated carbocycles. The summed E-state index contributed by atoms with van der Waals surface area (Å²) in [5, 5.41) is 13.1. The van der Waals surface area contributed by atoms with E-state index in [-0.39, 0.29) is 17.5 Å². The topological polar surface area (TPSA) is 88.1 Å². The normalized spacial score (nSPS) is 13.9. The van der Waals surface area contributed by atoms with Crippen molar-refractivity contribution in [3.05, 3.63) is 64.2 Å². The predicted molar refractivity (Wildman–Crippen MR) is 166 cm³/mol. The maximum atomic E-state index is 13.6. The van der Waals surface area contributed by atoms with Crippen LogP contribution in [0.2, 0.25) is 23.2 Å². The zero-order chi connectivity index (χ0) is 30.5. The highest BCUT2D eigenvalue weighted by molar-refractivity contribution is 6.74. The first-order valence-electron chi connectivity index (χ1n) is 13.8. The van der Waals surface area contributed by atoms with Crippen LogP contribution in [0.4, 0.5) is 10.5 Å². The highest BCUT2D eigenvalue weighted by Gasteiger charge is 2.41. The molecule has 2 atom stereocenters. The summed E-state index contributed by atoms with van der Waals surface area (Å²) in [6.07, 6.45) is -0.837. The molecule has 222 valence electrons. The lowest BCUT2D eigenvalue weighted by atomic mass is 10.1. The summed E-state index contributed by atoms with van der Waals surface area (Å²) in [7, 11) is -2.23. The number of carbonyl (C=O) groups is 2. The molecule has 0 aliphatic heterocycles. The molecule has 0 bridgehead atoms. The van der Waals surface area contributed by atoms with Gasteiger partial charge in [-0.05, 0) is 87.6 Å². The van der Waals surface area contributed by atoms with E-state index in [1.165, 1.54) is 0 Å². The molecule has 2 N–H and O–H groups in total. The number of nitrogens with zero attached hydrogens (tertiary/aromatic N) is 1. The van der Waals surface area contributed by atoms with Crippen molar-refractivity contribution in [3.8, 4) is 0 Å². The van der Waals surface area contributed by atoms with Gasteiger partial charge in [0.05, 0.1) is 19.1 Å². The molecule has 0 aromatic heterocycles. The van der Waals surface area contributed by atoms with Gasteiger partial charge in [0.2, 0.25) is 0 Å². The summed E-state index contributed by atoms with van der Waals surface area (Å²) in [6, 6.07) is 12.9. The quantitative estimate of drug-likeness (QED) is 0.257. The van der Waals surface area contributed by atoms with E-state index in [0.29, 0.717) is 18.1 Å². The third kappa shape index (κ3) is 10.1. The molecule has 2 aromatic carbocycles. The number of amides is 1. The molecule has 1 amide bonds. The molecule has 2 rings (SSSR count). The summed E-state index contributed by atoms with van der Waals surface area (Å²) >= 11 is 6.38. The molecular weight excluding hydrogens is 544 g/mol. The Hall–Kier alpha value is -2.55. The third-order valence-corrected chi connectivity index (χ3v) is 11.9. The van der Waals surface area contributed by atoms with E-state index < -0.39 is 32.1 Å². The smallest absolute Gasteiger partial charge is 0.410 e. The molecule has 7 nitrogen and oxygen atoms in total. The monoisotopic (exact) mass is 590 g/mol. The number of hydrogen-bond donors (Lipinski definition) is 2. The van der Waals surface area contributed by atoms with Gasteiger partial charge < -0.3 is 24.5 Å². The van der Waals surface area contributed by atoms with Gasteiger partial charge in [0.1, 0.15) is 5.60 Å². The molecule has 0 spiro atoms. The van der Waals surface area contributed by atoms with Crippen molar-refractivity contribution in [1.29, 1.82) is 0 Å². The average Bonchev–Trinajstić information content (AvgIpc) is 2.78. The Morgan fingerprint density at radius 3 is 2.25 bits per heavy atom. The minimum absolute atomic E-state index is 0.0247. The number of ether oxygens (including phenoxy) is 1. The lowest BCUT2D eigenvalue weighted by Crippen LogP contribution is -2.49. The van der Waals surface area contributed by atoms with Crippen molar-refractivity contribution < 1.29 is 23.9 Å². The Balaban J connectivity index is 2.38. The SMILES string of the molecule is Cc1cc(CC(=O)O)ccc1NCC(C)N(CC(O[Si](C)(C)C(C)(C)C)c1cccc(Cl)c1)C(=O)OC(C)(C)C. The second-order valence-electron chi connectivity index (χ2n) is 13.0. The standard InChI is InChI=1S/C31H47ClN2O5Si/c1-21-16-23(17-28(35)36)14-15-26(21)33-19-22(2)34(29(37)38-30(3,4)5)20-27(24-12-11-13-25(32)18-24)39-40(9,10)31(6,7)8/h11-16,18,22,27,33H,17,19-20H2,1-10H3,(H,35,36). The van der Waals surface area contributed by atoms with Crippen LogP contribution in [0, 0.1) is 6.92 Å².